The summed E-state index contributed by atoms with van der Waals surface area (Å²) in [5.74, 6) is 0.847. The third kappa shape index (κ3) is 2.33. The number of fused-ring (bicyclic) bond motifs is 1. The molecule has 1 aliphatic heterocycles. The van der Waals surface area contributed by atoms with Crippen LogP contribution in [0, 0.1) is 0 Å². The Balaban J connectivity index is 2.52. The average Bonchev–Trinajstić information content (AvgIpc) is 2.46. The molecule has 0 fully saturated rings. The van der Waals surface area contributed by atoms with Crippen LogP contribution >= 0.6 is 0 Å². The van der Waals surface area contributed by atoms with E-state index in [2.05, 4.69) is 0 Å². The van der Waals surface area contributed by atoms with E-state index in [9.17, 15) is 4.79 Å². The fourth-order valence-electron chi connectivity index (χ4n) is 2.45. The molecule has 0 saturated carbocycles. The second kappa shape index (κ2) is 5.71. The molecule has 110 valence electrons. The van der Waals surface area contributed by atoms with E-state index in [-0.39, 0.29) is 5.97 Å². The van der Waals surface area contributed by atoms with Crippen LogP contribution in [0.1, 0.15) is 25.0 Å². The van der Waals surface area contributed by atoms with Gasteiger partial charge in [-0.2, -0.15) is 0 Å². The molecule has 0 aromatic heterocycles. The zero-order chi connectivity index (χ0) is 14.8. The molecule has 1 aromatic rings. The van der Waals surface area contributed by atoms with Crippen LogP contribution in [0.5, 0.6) is 11.5 Å². The normalized spacial score (nSPS) is 21.0. The van der Waals surface area contributed by atoms with Gasteiger partial charge in [-0.15, -0.1) is 0 Å². The number of carbonyl (C=O) groups excluding carboxylic acids is 1. The Morgan fingerprint density at radius 2 is 1.95 bits per heavy atom. The Bertz CT molecular complexity index is 511. The molecule has 1 unspecified atom stereocenters. The molecule has 20 heavy (non-hydrogen) atoms. The van der Waals surface area contributed by atoms with Gasteiger partial charge in [0, 0.05) is 5.56 Å². The number of hydrogen-bond acceptors (Lipinski definition) is 5. The third-order valence-electron chi connectivity index (χ3n) is 3.55. The van der Waals surface area contributed by atoms with Crippen LogP contribution < -0.4 is 9.47 Å². The summed E-state index contributed by atoms with van der Waals surface area (Å²) in [6.45, 7) is 4.30. The zero-order valence-corrected chi connectivity index (χ0v) is 12.3. The first-order valence-corrected chi connectivity index (χ1v) is 6.63. The van der Waals surface area contributed by atoms with E-state index >= 15 is 0 Å². The van der Waals surface area contributed by atoms with E-state index in [0.29, 0.717) is 24.7 Å². The number of rotatable bonds is 4. The van der Waals surface area contributed by atoms with Gasteiger partial charge in [-0.05, 0) is 38.0 Å². The quantitative estimate of drug-likeness (QED) is 0.790. The highest BCUT2D eigenvalue weighted by Gasteiger charge is 2.42. The molecule has 0 amide bonds. The number of benzene rings is 1. The summed E-state index contributed by atoms with van der Waals surface area (Å²) in [6, 6.07) is 3.69. The van der Waals surface area contributed by atoms with Crippen LogP contribution in [0.15, 0.2) is 12.1 Å². The van der Waals surface area contributed by atoms with Gasteiger partial charge in [0.15, 0.2) is 17.1 Å². The van der Waals surface area contributed by atoms with Gasteiger partial charge >= 0.3 is 5.97 Å². The van der Waals surface area contributed by atoms with Gasteiger partial charge in [-0.1, -0.05) is 0 Å². The highest BCUT2D eigenvalue weighted by molar-refractivity contribution is 5.82. The zero-order valence-electron chi connectivity index (χ0n) is 12.3. The number of ether oxygens (including phenoxy) is 4. The lowest BCUT2D eigenvalue weighted by atomic mass is 9.87. The molecule has 5 nitrogen and oxygen atoms in total. The third-order valence-corrected chi connectivity index (χ3v) is 3.55. The minimum Gasteiger partial charge on any atom is -0.493 e. The number of hydrogen-bond donors (Lipinski definition) is 0. The molecule has 0 bridgehead atoms. The standard InChI is InChI=1S/C15H20O5/c1-5-19-14(16)15(2)11-9-13(18-4)12(17-3)8-10(11)6-7-20-15/h8-9H,5-7H2,1-4H3. The van der Waals surface area contributed by atoms with Crippen molar-refractivity contribution in [2.24, 2.45) is 0 Å². The first-order chi connectivity index (χ1) is 9.56. The fourth-order valence-corrected chi connectivity index (χ4v) is 2.45. The summed E-state index contributed by atoms with van der Waals surface area (Å²) in [6.07, 6.45) is 0.727. The van der Waals surface area contributed by atoms with E-state index < -0.39 is 5.60 Å². The van der Waals surface area contributed by atoms with Gasteiger partial charge in [-0.3, -0.25) is 0 Å². The lowest BCUT2D eigenvalue weighted by molar-refractivity contribution is -0.173. The maximum atomic E-state index is 12.2. The molecule has 1 heterocycles. The minimum atomic E-state index is -1.09. The topological polar surface area (TPSA) is 54.0 Å². The van der Waals surface area contributed by atoms with Crippen molar-refractivity contribution in [1.29, 1.82) is 0 Å². The summed E-state index contributed by atoms with van der Waals surface area (Å²) in [5.41, 5.74) is 0.702. The molecule has 0 saturated heterocycles. The van der Waals surface area contributed by atoms with Gasteiger partial charge in [0.25, 0.3) is 0 Å². The van der Waals surface area contributed by atoms with E-state index in [1.165, 1.54) is 0 Å². The van der Waals surface area contributed by atoms with E-state index in [0.717, 1.165) is 17.5 Å². The van der Waals surface area contributed by atoms with E-state index in [1.54, 1.807) is 34.1 Å². The molecular weight excluding hydrogens is 260 g/mol. The van der Waals surface area contributed by atoms with Gasteiger partial charge in [0.1, 0.15) is 0 Å². The Kier molecular flexibility index (Phi) is 4.18. The predicted molar refractivity (Wildman–Crippen MR) is 73.2 cm³/mol. The minimum absolute atomic E-state index is 0.320. The highest BCUT2D eigenvalue weighted by atomic mass is 16.6. The Labute approximate surface area is 118 Å². The van der Waals surface area contributed by atoms with E-state index in [1.807, 2.05) is 6.07 Å². The molecule has 1 aromatic carbocycles. The van der Waals surface area contributed by atoms with Crippen molar-refractivity contribution in [2.45, 2.75) is 25.9 Å². The molecule has 2 rings (SSSR count). The second-order valence-corrected chi connectivity index (χ2v) is 4.72. The van der Waals surface area contributed by atoms with Crippen LogP contribution in [-0.2, 0) is 26.3 Å². The largest absolute Gasteiger partial charge is 0.493 e. The molecule has 1 atom stereocenters. The van der Waals surface area contributed by atoms with Gasteiger partial charge in [0.05, 0.1) is 27.4 Å². The number of carbonyl (C=O) groups is 1. The van der Waals surface area contributed by atoms with Crippen LogP contribution in [0.3, 0.4) is 0 Å². The molecule has 5 heteroatoms. The first kappa shape index (κ1) is 14.7. The predicted octanol–water partition coefficient (Wildman–Crippen LogP) is 2.05. The lowest BCUT2D eigenvalue weighted by Crippen LogP contribution is -2.41. The van der Waals surface area contributed by atoms with Crippen LogP contribution in [0.25, 0.3) is 0 Å². The summed E-state index contributed by atoms with van der Waals surface area (Å²) in [5, 5.41) is 0. The van der Waals surface area contributed by atoms with Crippen molar-refractivity contribution in [2.75, 3.05) is 27.4 Å². The Hall–Kier alpha value is -1.75. The van der Waals surface area contributed by atoms with Crippen molar-refractivity contribution < 1.29 is 23.7 Å². The Morgan fingerprint density at radius 1 is 1.30 bits per heavy atom. The molecule has 0 aliphatic carbocycles. The summed E-state index contributed by atoms with van der Waals surface area (Å²) in [7, 11) is 3.16. The summed E-state index contributed by atoms with van der Waals surface area (Å²) in [4.78, 5) is 12.2. The lowest BCUT2D eigenvalue weighted by Gasteiger charge is -2.34. The van der Waals surface area contributed by atoms with Crippen molar-refractivity contribution in [3.8, 4) is 11.5 Å². The molecule has 0 spiro atoms. The summed E-state index contributed by atoms with van der Waals surface area (Å²) >= 11 is 0. The van der Waals surface area contributed by atoms with Crippen LogP contribution in [0.4, 0.5) is 0 Å². The SMILES string of the molecule is CCOC(=O)C1(C)OCCc2cc(OC)c(OC)cc21. The summed E-state index contributed by atoms with van der Waals surface area (Å²) < 4.78 is 21.4. The van der Waals surface area contributed by atoms with Crippen LogP contribution in [-0.4, -0.2) is 33.4 Å². The first-order valence-electron chi connectivity index (χ1n) is 6.63. The molecule has 1 aliphatic rings. The Morgan fingerprint density at radius 3 is 2.55 bits per heavy atom. The van der Waals surface area contributed by atoms with Gasteiger partial charge in [0.2, 0.25) is 0 Å². The van der Waals surface area contributed by atoms with Gasteiger partial charge in [-0.25, -0.2) is 4.79 Å². The molecule has 0 radical (unpaired) electrons. The maximum Gasteiger partial charge on any atom is 0.342 e. The van der Waals surface area contributed by atoms with Crippen molar-refractivity contribution >= 4 is 5.97 Å². The van der Waals surface area contributed by atoms with Gasteiger partial charge < -0.3 is 18.9 Å². The molecular formula is C15H20O5. The monoisotopic (exact) mass is 280 g/mol. The van der Waals surface area contributed by atoms with Crippen LogP contribution in [0.2, 0.25) is 0 Å². The second-order valence-electron chi connectivity index (χ2n) is 4.72. The number of methoxy groups -OCH3 is 2. The highest BCUT2D eigenvalue weighted by Crippen LogP contribution is 2.40. The average molecular weight is 280 g/mol. The maximum absolute atomic E-state index is 12.2. The van der Waals surface area contributed by atoms with E-state index in [4.69, 9.17) is 18.9 Å². The smallest absolute Gasteiger partial charge is 0.342 e. The van der Waals surface area contributed by atoms with Crippen molar-refractivity contribution in [3.63, 3.8) is 0 Å². The van der Waals surface area contributed by atoms with Crippen molar-refractivity contribution in [1.82, 2.24) is 0 Å². The van der Waals surface area contributed by atoms with Crippen molar-refractivity contribution in [3.05, 3.63) is 23.3 Å². The molecule has 0 N–H and O–H groups in total. The fraction of sp³-hybridized carbons (Fsp3) is 0.533. The number of esters is 1.